The van der Waals surface area contributed by atoms with Gasteiger partial charge in [0.25, 0.3) is 0 Å². The highest BCUT2D eigenvalue weighted by atomic mass is 19.1. The first-order valence-electron chi connectivity index (χ1n) is 10.3. The average Bonchev–Trinajstić information content (AvgIpc) is 2.71. The van der Waals surface area contributed by atoms with E-state index in [4.69, 9.17) is 9.47 Å². The predicted molar refractivity (Wildman–Crippen MR) is 113 cm³/mol. The molecule has 2 aromatic carbocycles. The summed E-state index contributed by atoms with van der Waals surface area (Å²) < 4.78 is 25.0. The Hall–Kier alpha value is -2.40. The third-order valence-corrected chi connectivity index (χ3v) is 5.79. The summed E-state index contributed by atoms with van der Waals surface area (Å²) in [7, 11) is 0. The van der Waals surface area contributed by atoms with Gasteiger partial charge in [0, 0.05) is 18.9 Å². The lowest BCUT2D eigenvalue weighted by Gasteiger charge is -2.36. The van der Waals surface area contributed by atoms with Gasteiger partial charge in [-0.25, -0.2) is 4.39 Å². The minimum Gasteiger partial charge on any atom is -0.490 e. The molecular formula is C24H30FNO3. The highest BCUT2D eigenvalue weighted by Crippen LogP contribution is 2.37. The minimum absolute atomic E-state index is 0.0817. The number of halogens is 1. The van der Waals surface area contributed by atoms with E-state index in [9.17, 15) is 9.18 Å². The first-order chi connectivity index (χ1) is 13.9. The molecule has 3 rings (SSSR count). The number of carbonyl (C=O) groups excluding carboxylic acids is 1. The number of benzene rings is 2. The van der Waals surface area contributed by atoms with Crippen molar-refractivity contribution in [2.45, 2.75) is 58.5 Å². The van der Waals surface area contributed by atoms with Crippen molar-refractivity contribution in [2.75, 3.05) is 18.5 Å². The normalized spacial score (nSPS) is 16.9. The summed E-state index contributed by atoms with van der Waals surface area (Å²) >= 11 is 0. The number of hydrogen-bond acceptors (Lipinski definition) is 3. The first kappa shape index (κ1) is 21.3. The SMILES string of the molecule is CCC(C)Oc1c(C)cc(NC(=O)C2(c3ccc(F)cc3)CCOCC2)cc1C. The van der Waals surface area contributed by atoms with Crippen molar-refractivity contribution in [3.8, 4) is 5.75 Å². The molecule has 0 saturated carbocycles. The monoisotopic (exact) mass is 399 g/mol. The van der Waals surface area contributed by atoms with Crippen molar-refractivity contribution in [1.29, 1.82) is 0 Å². The zero-order valence-electron chi connectivity index (χ0n) is 17.7. The molecule has 1 heterocycles. The first-order valence-corrected chi connectivity index (χ1v) is 10.3. The van der Waals surface area contributed by atoms with Crippen molar-refractivity contribution in [1.82, 2.24) is 0 Å². The van der Waals surface area contributed by atoms with Gasteiger partial charge in [0.1, 0.15) is 11.6 Å². The van der Waals surface area contributed by atoms with Gasteiger partial charge in [0.15, 0.2) is 0 Å². The topological polar surface area (TPSA) is 47.6 Å². The summed E-state index contributed by atoms with van der Waals surface area (Å²) in [6.45, 7) is 9.13. The number of anilines is 1. The van der Waals surface area contributed by atoms with Gasteiger partial charge >= 0.3 is 0 Å². The molecule has 0 bridgehead atoms. The molecule has 1 N–H and O–H groups in total. The number of amides is 1. The molecule has 1 aliphatic heterocycles. The lowest BCUT2D eigenvalue weighted by molar-refractivity contribution is -0.125. The van der Waals surface area contributed by atoms with Crippen LogP contribution in [0.4, 0.5) is 10.1 Å². The Morgan fingerprint density at radius 3 is 2.31 bits per heavy atom. The Bertz CT molecular complexity index is 834. The lowest BCUT2D eigenvalue weighted by Crippen LogP contribution is -2.44. The van der Waals surface area contributed by atoms with Crippen LogP contribution in [0.25, 0.3) is 0 Å². The molecule has 1 fully saturated rings. The highest BCUT2D eigenvalue weighted by Gasteiger charge is 2.41. The molecule has 1 amide bonds. The molecule has 156 valence electrons. The van der Waals surface area contributed by atoms with E-state index >= 15 is 0 Å². The molecule has 0 radical (unpaired) electrons. The van der Waals surface area contributed by atoms with Crippen LogP contribution in [0.3, 0.4) is 0 Å². The van der Waals surface area contributed by atoms with Crippen LogP contribution in [0.1, 0.15) is 49.8 Å². The number of nitrogens with one attached hydrogen (secondary N) is 1. The molecule has 1 unspecified atom stereocenters. The molecule has 4 nitrogen and oxygen atoms in total. The Kier molecular flexibility index (Phi) is 6.58. The fourth-order valence-corrected chi connectivity index (χ4v) is 3.88. The van der Waals surface area contributed by atoms with Gasteiger partial charge < -0.3 is 14.8 Å². The van der Waals surface area contributed by atoms with E-state index in [2.05, 4.69) is 12.2 Å². The standard InChI is InChI=1S/C24H30FNO3/c1-5-18(4)29-22-16(2)14-21(15-17(22)3)26-23(27)24(10-12-28-13-11-24)19-6-8-20(25)9-7-19/h6-9,14-15,18H,5,10-13H2,1-4H3,(H,26,27). The highest BCUT2D eigenvalue weighted by molar-refractivity contribution is 5.99. The van der Waals surface area contributed by atoms with Crippen LogP contribution in [-0.2, 0) is 14.9 Å². The van der Waals surface area contributed by atoms with Gasteiger partial charge in [0.2, 0.25) is 5.91 Å². The van der Waals surface area contributed by atoms with Crippen molar-refractivity contribution in [2.24, 2.45) is 0 Å². The molecule has 29 heavy (non-hydrogen) atoms. The Morgan fingerprint density at radius 2 is 1.76 bits per heavy atom. The molecule has 5 heteroatoms. The van der Waals surface area contributed by atoms with Gasteiger partial charge in [0.05, 0.1) is 11.5 Å². The van der Waals surface area contributed by atoms with E-state index in [-0.39, 0.29) is 17.8 Å². The largest absolute Gasteiger partial charge is 0.490 e. The van der Waals surface area contributed by atoms with Crippen LogP contribution in [0, 0.1) is 19.7 Å². The van der Waals surface area contributed by atoms with Crippen LogP contribution >= 0.6 is 0 Å². The second-order valence-corrected chi connectivity index (χ2v) is 7.93. The zero-order valence-corrected chi connectivity index (χ0v) is 17.7. The van der Waals surface area contributed by atoms with Gasteiger partial charge in [-0.15, -0.1) is 0 Å². The molecule has 1 atom stereocenters. The maximum Gasteiger partial charge on any atom is 0.235 e. The second-order valence-electron chi connectivity index (χ2n) is 7.93. The summed E-state index contributed by atoms with van der Waals surface area (Å²) in [6, 6.07) is 10.1. The molecular weight excluding hydrogens is 369 g/mol. The van der Waals surface area contributed by atoms with Crippen molar-refractivity contribution >= 4 is 11.6 Å². The summed E-state index contributed by atoms with van der Waals surface area (Å²) in [5.74, 6) is 0.484. The maximum atomic E-state index is 13.4. The maximum absolute atomic E-state index is 13.4. The van der Waals surface area contributed by atoms with Crippen molar-refractivity contribution < 1.29 is 18.7 Å². The molecule has 0 spiro atoms. The van der Waals surface area contributed by atoms with Gasteiger partial charge in [-0.05, 0) is 81.0 Å². The van der Waals surface area contributed by atoms with Gasteiger partial charge in [-0.1, -0.05) is 19.1 Å². The van der Waals surface area contributed by atoms with Crippen LogP contribution in [0.15, 0.2) is 36.4 Å². The van der Waals surface area contributed by atoms with Gasteiger partial charge in [-0.2, -0.15) is 0 Å². The summed E-state index contributed by atoms with van der Waals surface area (Å²) in [6.07, 6.45) is 2.20. The molecule has 1 saturated heterocycles. The van der Waals surface area contributed by atoms with E-state index in [0.717, 1.165) is 34.5 Å². The minimum atomic E-state index is -0.723. The second kappa shape index (κ2) is 8.95. The smallest absolute Gasteiger partial charge is 0.235 e. The van der Waals surface area contributed by atoms with Crippen LogP contribution in [0.2, 0.25) is 0 Å². The number of rotatable bonds is 6. The Balaban J connectivity index is 1.87. The number of hydrogen-bond donors (Lipinski definition) is 1. The molecule has 1 aliphatic rings. The van der Waals surface area contributed by atoms with Crippen LogP contribution < -0.4 is 10.1 Å². The fraction of sp³-hybridized carbons (Fsp3) is 0.458. The van der Waals surface area contributed by atoms with Crippen molar-refractivity contribution in [3.63, 3.8) is 0 Å². The van der Waals surface area contributed by atoms with Gasteiger partial charge in [-0.3, -0.25) is 4.79 Å². The predicted octanol–water partition coefficient (Wildman–Crippen LogP) is 5.31. The van der Waals surface area contributed by atoms with E-state index in [1.165, 1.54) is 12.1 Å². The number of ether oxygens (including phenoxy) is 2. The molecule has 0 aromatic heterocycles. The third kappa shape index (κ3) is 4.61. The van der Waals surface area contributed by atoms with Crippen LogP contribution in [-0.4, -0.2) is 25.2 Å². The quantitative estimate of drug-likeness (QED) is 0.716. The van der Waals surface area contributed by atoms with E-state index in [1.54, 1.807) is 12.1 Å². The van der Waals surface area contributed by atoms with E-state index in [1.807, 2.05) is 32.9 Å². The zero-order chi connectivity index (χ0) is 21.0. The van der Waals surface area contributed by atoms with Crippen LogP contribution in [0.5, 0.6) is 5.75 Å². The Labute approximate surface area is 172 Å². The van der Waals surface area contributed by atoms with E-state index < -0.39 is 5.41 Å². The average molecular weight is 400 g/mol. The van der Waals surface area contributed by atoms with Crippen molar-refractivity contribution in [3.05, 3.63) is 58.9 Å². The van der Waals surface area contributed by atoms with E-state index in [0.29, 0.717) is 26.1 Å². The number of aryl methyl sites for hydroxylation is 2. The lowest BCUT2D eigenvalue weighted by atomic mass is 9.73. The molecule has 2 aromatic rings. The third-order valence-electron chi connectivity index (χ3n) is 5.79. The fourth-order valence-electron chi connectivity index (χ4n) is 3.88. The number of carbonyl (C=O) groups is 1. The molecule has 0 aliphatic carbocycles. The Morgan fingerprint density at radius 1 is 1.17 bits per heavy atom. The summed E-state index contributed by atoms with van der Waals surface area (Å²) in [5, 5.41) is 3.10. The summed E-state index contributed by atoms with van der Waals surface area (Å²) in [5.41, 5.74) is 2.82. The summed E-state index contributed by atoms with van der Waals surface area (Å²) in [4.78, 5) is 13.4.